The van der Waals surface area contributed by atoms with Gasteiger partial charge >= 0.3 is 0 Å². The van der Waals surface area contributed by atoms with Crippen LogP contribution < -0.4 is 0 Å². The smallest absolute Gasteiger partial charge is 0.0134 e. The predicted molar refractivity (Wildman–Crippen MR) is 62.2 cm³/mol. The third kappa shape index (κ3) is 1.36. The Morgan fingerprint density at radius 3 is 1.43 bits per heavy atom. The Labute approximate surface area is 88.1 Å². The molecular formula is C14H22. The van der Waals surface area contributed by atoms with Crippen LogP contribution in [0.3, 0.4) is 0 Å². The molecule has 0 N–H and O–H groups in total. The standard InChI is InChI=1S/C14H22/c1-9-10(2)12(4)14-8-6-5-7-13(14)11(9)3/h13-14H,5-8H2,1-4H3. The van der Waals surface area contributed by atoms with Crippen molar-refractivity contribution in [1.29, 1.82) is 0 Å². The van der Waals surface area contributed by atoms with Crippen molar-refractivity contribution >= 4 is 0 Å². The van der Waals surface area contributed by atoms with Gasteiger partial charge in [0.25, 0.3) is 0 Å². The van der Waals surface area contributed by atoms with E-state index in [1.807, 2.05) is 0 Å². The SMILES string of the molecule is CC1=C(C)C2CCCCC2C(C)=C1C. The average molecular weight is 190 g/mol. The summed E-state index contributed by atoms with van der Waals surface area (Å²) in [7, 11) is 0. The Kier molecular flexibility index (Phi) is 2.55. The molecule has 2 atom stereocenters. The summed E-state index contributed by atoms with van der Waals surface area (Å²) in [4.78, 5) is 0. The highest BCUT2D eigenvalue weighted by Crippen LogP contribution is 2.45. The molecule has 1 saturated carbocycles. The zero-order chi connectivity index (χ0) is 10.3. The maximum absolute atomic E-state index is 2.36. The monoisotopic (exact) mass is 190 g/mol. The van der Waals surface area contributed by atoms with E-state index in [2.05, 4.69) is 27.7 Å². The summed E-state index contributed by atoms with van der Waals surface area (Å²) in [6.07, 6.45) is 5.74. The summed E-state index contributed by atoms with van der Waals surface area (Å²) in [5.41, 5.74) is 6.51. The minimum absolute atomic E-state index is 0.882. The van der Waals surface area contributed by atoms with Gasteiger partial charge < -0.3 is 0 Å². The highest BCUT2D eigenvalue weighted by atomic mass is 14.4. The van der Waals surface area contributed by atoms with Gasteiger partial charge in [-0.3, -0.25) is 0 Å². The summed E-state index contributed by atoms with van der Waals surface area (Å²) >= 11 is 0. The van der Waals surface area contributed by atoms with Crippen molar-refractivity contribution in [3.63, 3.8) is 0 Å². The Morgan fingerprint density at radius 1 is 0.714 bits per heavy atom. The van der Waals surface area contributed by atoms with E-state index in [4.69, 9.17) is 0 Å². The van der Waals surface area contributed by atoms with Crippen molar-refractivity contribution in [2.75, 3.05) is 0 Å². The van der Waals surface area contributed by atoms with Crippen molar-refractivity contribution in [2.24, 2.45) is 11.8 Å². The van der Waals surface area contributed by atoms with Gasteiger partial charge in [-0.05, 0) is 63.5 Å². The number of allylic oxidation sites excluding steroid dienone is 4. The minimum Gasteiger partial charge on any atom is -0.0664 e. The Morgan fingerprint density at radius 2 is 1.07 bits per heavy atom. The van der Waals surface area contributed by atoms with Gasteiger partial charge in [0.05, 0.1) is 0 Å². The van der Waals surface area contributed by atoms with Crippen molar-refractivity contribution in [3.8, 4) is 0 Å². The fourth-order valence-electron chi connectivity index (χ4n) is 3.32. The first-order valence-electron chi connectivity index (χ1n) is 5.98. The largest absolute Gasteiger partial charge is 0.0664 e. The van der Waals surface area contributed by atoms with E-state index in [0.29, 0.717) is 0 Å². The van der Waals surface area contributed by atoms with Crippen LogP contribution in [0.25, 0.3) is 0 Å². The summed E-state index contributed by atoms with van der Waals surface area (Å²) < 4.78 is 0. The van der Waals surface area contributed by atoms with Crippen LogP contribution in [0.2, 0.25) is 0 Å². The molecule has 2 aliphatic carbocycles. The first-order valence-corrected chi connectivity index (χ1v) is 5.98. The van der Waals surface area contributed by atoms with Crippen LogP contribution in [0.15, 0.2) is 22.3 Å². The fraction of sp³-hybridized carbons (Fsp3) is 0.714. The van der Waals surface area contributed by atoms with Crippen molar-refractivity contribution in [1.82, 2.24) is 0 Å². The highest BCUT2D eigenvalue weighted by Gasteiger charge is 2.32. The predicted octanol–water partition coefficient (Wildman–Crippen LogP) is 4.48. The third-order valence-corrected chi connectivity index (χ3v) is 4.62. The molecule has 0 spiro atoms. The molecule has 0 nitrogen and oxygen atoms in total. The van der Waals surface area contributed by atoms with E-state index in [1.54, 1.807) is 22.3 Å². The van der Waals surface area contributed by atoms with E-state index in [1.165, 1.54) is 25.7 Å². The summed E-state index contributed by atoms with van der Waals surface area (Å²) in [5, 5.41) is 0. The molecule has 0 bridgehead atoms. The van der Waals surface area contributed by atoms with Gasteiger partial charge in [-0.2, -0.15) is 0 Å². The maximum Gasteiger partial charge on any atom is -0.0134 e. The van der Waals surface area contributed by atoms with Crippen LogP contribution in [0.4, 0.5) is 0 Å². The first kappa shape index (κ1) is 10.0. The van der Waals surface area contributed by atoms with Gasteiger partial charge in [-0.1, -0.05) is 24.0 Å². The zero-order valence-electron chi connectivity index (χ0n) is 9.98. The fourth-order valence-corrected chi connectivity index (χ4v) is 3.32. The van der Waals surface area contributed by atoms with E-state index in [9.17, 15) is 0 Å². The first-order chi connectivity index (χ1) is 6.63. The summed E-state index contributed by atoms with van der Waals surface area (Å²) in [6, 6.07) is 0. The number of fused-ring (bicyclic) bond motifs is 1. The minimum atomic E-state index is 0.882. The number of hydrogen-bond acceptors (Lipinski definition) is 0. The molecule has 0 heterocycles. The molecule has 0 heteroatoms. The van der Waals surface area contributed by atoms with Crippen LogP contribution in [0, 0.1) is 11.8 Å². The third-order valence-electron chi connectivity index (χ3n) is 4.62. The molecule has 2 unspecified atom stereocenters. The van der Waals surface area contributed by atoms with Gasteiger partial charge in [0, 0.05) is 0 Å². The van der Waals surface area contributed by atoms with Crippen molar-refractivity contribution in [2.45, 2.75) is 53.4 Å². The van der Waals surface area contributed by atoms with Gasteiger partial charge in [-0.25, -0.2) is 0 Å². The van der Waals surface area contributed by atoms with Crippen LogP contribution in [-0.2, 0) is 0 Å². The summed E-state index contributed by atoms with van der Waals surface area (Å²) in [6.45, 7) is 9.32. The highest BCUT2D eigenvalue weighted by molar-refractivity contribution is 5.41. The Bertz CT molecular complexity index is 272. The van der Waals surface area contributed by atoms with Gasteiger partial charge in [0.15, 0.2) is 0 Å². The molecular weight excluding hydrogens is 168 g/mol. The molecule has 0 aromatic rings. The van der Waals surface area contributed by atoms with E-state index >= 15 is 0 Å². The van der Waals surface area contributed by atoms with E-state index in [0.717, 1.165) is 11.8 Å². The molecule has 1 fully saturated rings. The Balaban J connectivity index is 2.40. The normalized spacial score (nSPS) is 33.4. The molecule has 0 radical (unpaired) electrons. The van der Waals surface area contributed by atoms with Gasteiger partial charge in [-0.15, -0.1) is 0 Å². The van der Waals surface area contributed by atoms with Crippen molar-refractivity contribution < 1.29 is 0 Å². The lowest BCUT2D eigenvalue weighted by molar-refractivity contribution is 0.301. The molecule has 0 amide bonds. The molecule has 0 aromatic carbocycles. The second kappa shape index (κ2) is 3.56. The van der Waals surface area contributed by atoms with Crippen LogP contribution in [-0.4, -0.2) is 0 Å². The second-order valence-electron chi connectivity index (χ2n) is 5.11. The molecule has 78 valence electrons. The molecule has 2 aliphatic rings. The Hall–Kier alpha value is -0.520. The lowest BCUT2D eigenvalue weighted by Crippen LogP contribution is -2.26. The molecule has 0 aliphatic heterocycles. The molecule has 14 heavy (non-hydrogen) atoms. The number of hydrogen-bond donors (Lipinski definition) is 0. The van der Waals surface area contributed by atoms with E-state index in [-0.39, 0.29) is 0 Å². The quantitative estimate of drug-likeness (QED) is 0.528. The van der Waals surface area contributed by atoms with Gasteiger partial charge in [0.1, 0.15) is 0 Å². The van der Waals surface area contributed by atoms with E-state index < -0.39 is 0 Å². The molecule has 0 saturated heterocycles. The van der Waals surface area contributed by atoms with Crippen LogP contribution in [0.1, 0.15) is 53.4 Å². The zero-order valence-corrected chi connectivity index (χ0v) is 9.98. The van der Waals surface area contributed by atoms with Crippen LogP contribution in [0.5, 0.6) is 0 Å². The number of rotatable bonds is 0. The maximum atomic E-state index is 2.36. The second-order valence-corrected chi connectivity index (χ2v) is 5.11. The molecule has 0 aromatic heterocycles. The topological polar surface area (TPSA) is 0 Å². The van der Waals surface area contributed by atoms with Gasteiger partial charge in [0.2, 0.25) is 0 Å². The summed E-state index contributed by atoms with van der Waals surface area (Å²) in [5.74, 6) is 1.76. The van der Waals surface area contributed by atoms with Crippen molar-refractivity contribution in [3.05, 3.63) is 22.3 Å². The lowest BCUT2D eigenvalue weighted by Gasteiger charge is -2.38. The molecule has 2 rings (SSSR count). The van der Waals surface area contributed by atoms with Crippen LogP contribution >= 0.6 is 0 Å². The average Bonchev–Trinajstić information content (AvgIpc) is 2.23. The lowest BCUT2D eigenvalue weighted by atomic mass is 9.66.